The molecule has 1 aliphatic heterocycles. The second kappa shape index (κ2) is 7.43. The summed E-state index contributed by atoms with van der Waals surface area (Å²) in [5.74, 6) is 3.11. The number of carbonyl (C=O) groups is 2. The summed E-state index contributed by atoms with van der Waals surface area (Å²) in [6.07, 6.45) is 1.48. The highest BCUT2D eigenvalue weighted by Crippen LogP contribution is 2.47. The molecule has 2 amide bonds. The molecule has 0 radical (unpaired) electrons. The molecule has 0 bridgehead atoms. The molecule has 0 spiro atoms. The number of nitrogens with zero attached hydrogens (tertiary/aromatic N) is 2. The summed E-state index contributed by atoms with van der Waals surface area (Å²) in [6.45, 7) is 4.98. The lowest BCUT2D eigenvalue weighted by molar-refractivity contribution is -0.120. The van der Waals surface area contributed by atoms with Gasteiger partial charge in [-0.1, -0.05) is 19.1 Å². The van der Waals surface area contributed by atoms with Crippen molar-refractivity contribution in [3.8, 4) is 0 Å². The zero-order valence-electron chi connectivity index (χ0n) is 16.6. The molecular formula is C22H27N3O3. The molecule has 1 aromatic heterocycles. The Morgan fingerprint density at radius 2 is 2.00 bits per heavy atom. The van der Waals surface area contributed by atoms with Crippen molar-refractivity contribution in [1.29, 1.82) is 0 Å². The first-order valence-corrected chi connectivity index (χ1v) is 9.90. The van der Waals surface area contributed by atoms with Crippen LogP contribution in [0, 0.1) is 5.92 Å². The number of benzene rings is 1. The Labute approximate surface area is 165 Å². The Kier molecular flexibility index (Phi) is 4.98. The average Bonchev–Trinajstić information content (AvgIpc) is 3.21. The average molecular weight is 381 g/mol. The minimum absolute atomic E-state index is 0.0263. The van der Waals surface area contributed by atoms with Gasteiger partial charge in [0.15, 0.2) is 0 Å². The lowest BCUT2D eigenvalue weighted by Gasteiger charge is -2.29. The molecule has 1 aliphatic carbocycles. The Bertz CT molecular complexity index is 891. The van der Waals surface area contributed by atoms with Gasteiger partial charge in [-0.25, -0.2) is 0 Å². The molecule has 148 valence electrons. The quantitative estimate of drug-likeness (QED) is 0.859. The third-order valence-corrected chi connectivity index (χ3v) is 5.62. The fourth-order valence-corrected chi connectivity index (χ4v) is 3.99. The van der Waals surface area contributed by atoms with Crippen molar-refractivity contribution in [2.45, 2.75) is 45.2 Å². The number of anilines is 2. The van der Waals surface area contributed by atoms with Crippen molar-refractivity contribution in [2.24, 2.45) is 5.92 Å². The monoisotopic (exact) mass is 381 g/mol. The maximum Gasteiger partial charge on any atom is 0.241 e. The number of amides is 2. The van der Waals surface area contributed by atoms with E-state index in [0.717, 1.165) is 17.2 Å². The van der Waals surface area contributed by atoms with Gasteiger partial charge >= 0.3 is 0 Å². The minimum atomic E-state index is -0.198. The maximum absolute atomic E-state index is 13.1. The van der Waals surface area contributed by atoms with E-state index in [2.05, 4.69) is 18.3 Å². The van der Waals surface area contributed by atoms with Crippen LogP contribution in [0.4, 0.5) is 11.4 Å². The maximum atomic E-state index is 13.1. The van der Waals surface area contributed by atoms with Gasteiger partial charge in [0.2, 0.25) is 11.8 Å². The van der Waals surface area contributed by atoms with Crippen molar-refractivity contribution < 1.29 is 14.0 Å². The van der Waals surface area contributed by atoms with Crippen LogP contribution in [0.25, 0.3) is 0 Å². The predicted octanol–water partition coefficient (Wildman–Crippen LogP) is 3.60. The van der Waals surface area contributed by atoms with Crippen LogP contribution in [-0.2, 0) is 16.1 Å². The molecule has 1 aromatic carbocycles. The minimum Gasteiger partial charge on any atom is -0.464 e. The summed E-state index contributed by atoms with van der Waals surface area (Å²) in [5.41, 5.74) is 1.43. The van der Waals surface area contributed by atoms with Crippen LogP contribution in [0.1, 0.15) is 44.1 Å². The summed E-state index contributed by atoms with van der Waals surface area (Å²) in [7, 11) is 1.91. The largest absolute Gasteiger partial charge is 0.464 e. The molecule has 0 saturated heterocycles. The number of para-hydroxylation sites is 2. The fourth-order valence-electron chi connectivity index (χ4n) is 3.99. The predicted molar refractivity (Wildman–Crippen MR) is 108 cm³/mol. The summed E-state index contributed by atoms with van der Waals surface area (Å²) in [6, 6.07) is 11.3. The van der Waals surface area contributed by atoms with Gasteiger partial charge in [0.05, 0.1) is 24.5 Å². The number of rotatable bonds is 5. The molecule has 3 atom stereocenters. The van der Waals surface area contributed by atoms with Crippen LogP contribution < -0.4 is 10.2 Å². The van der Waals surface area contributed by atoms with Crippen molar-refractivity contribution in [3.63, 3.8) is 0 Å². The standard InChI is InChI=1S/C22H27N3O3/c1-14-10-17(14)20-9-8-16(28-20)12-24(3)13-22(27)25-15(2)11-21(26)23-18-6-4-5-7-19(18)25/h4-9,14-15,17H,10-13H2,1-3H3,(H,23,26)/t14-,15+,17-/m1/s1. The van der Waals surface area contributed by atoms with E-state index >= 15 is 0 Å². The molecule has 28 heavy (non-hydrogen) atoms. The van der Waals surface area contributed by atoms with Gasteiger partial charge in [0.25, 0.3) is 0 Å². The summed E-state index contributed by atoms with van der Waals surface area (Å²) in [5, 5.41) is 2.89. The molecule has 1 fully saturated rings. The number of hydrogen-bond donors (Lipinski definition) is 1. The lowest BCUT2D eigenvalue weighted by atomic mass is 10.1. The summed E-state index contributed by atoms with van der Waals surface area (Å²) in [4.78, 5) is 28.9. The van der Waals surface area contributed by atoms with Crippen LogP contribution in [0.15, 0.2) is 40.8 Å². The van der Waals surface area contributed by atoms with Crippen molar-refractivity contribution >= 4 is 23.2 Å². The SMILES string of the molecule is C[C@@H]1C[C@H]1c1ccc(CN(C)CC(=O)N2c3ccccc3NC(=O)C[C@@H]2C)o1. The van der Waals surface area contributed by atoms with Crippen LogP contribution in [0.3, 0.4) is 0 Å². The van der Waals surface area contributed by atoms with Gasteiger partial charge in [0, 0.05) is 18.4 Å². The number of nitrogens with one attached hydrogen (secondary N) is 1. The topological polar surface area (TPSA) is 65.8 Å². The van der Waals surface area contributed by atoms with E-state index in [-0.39, 0.29) is 30.8 Å². The molecule has 1 N–H and O–H groups in total. The number of furan rings is 1. The number of carbonyl (C=O) groups excluding carboxylic acids is 2. The number of likely N-dealkylation sites (N-methyl/N-ethyl adjacent to an activating group) is 1. The Balaban J connectivity index is 1.44. The van der Waals surface area contributed by atoms with Gasteiger partial charge in [-0.3, -0.25) is 14.5 Å². The molecule has 6 heteroatoms. The molecule has 2 aliphatic rings. The van der Waals surface area contributed by atoms with E-state index in [1.165, 1.54) is 6.42 Å². The van der Waals surface area contributed by atoms with E-state index in [1.54, 1.807) is 4.90 Å². The fraction of sp³-hybridized carbons (Fsp3) is 0.455. The highest BCUT2D eigenvalue weighted by atomic mass is 16.3. The van der Waals surface area contributed by atoms with Crippen molar-refractivity contribution in [2.75, 3.05) is 23.8 Å². The third-order valence-electron chi connectivity index (χ3n) is 5.62. The van der Waals surface area contributed by atoms with Crippen molar-refractivity contribution in [3.05, 3.63) is 47.9 Å². The Morgan fingerprint density at radius 3 is 2.75 bits per heavy atom. The Hall–Kier alpha value is -2.60. The van der Waals surface area contributed by atoms with Crippen LogP contribution in [0.5, 0.6) is 0 Å². The van der Waals surface area contributed by atoms with E-state index in [4.69, 9.17) is 4.42 Å². The molecule has 6 nitrogen and oxygen atoms in total. The van der Waals surface area contributed by atoms with Gasteiger partial charge in [-0.15, -0.1) is 0 Å². The second-order valence-corrected chi connectivity index (χ2v) is 8.18. The van der Waals surface area contributed by atoms with Crippen LogP contribution in [0.2, 0.25) is 0 Å². The van der Waals surface area contributed by atoms with Gasteiger partial charge in [-0.05, 0) is 50.6 Å². The van der Waals surface area contributed by atoms with Gasteiger partial charge in [0.1, 0.15) is 11.5 Å². The molecule has 0 unspecified atom stereocenters. The zero-order chi connectivity index (χ0) is 19.8. The van der Waals surface area contributed by atoms with Crippen LogP contribution in [-0.4, -0.2) is 36.3 Å². The second-order valence-electron chi connectivity index (χ2n) is 8.18. The van der Waals surface area contributed by atoms with Gasteiger partial charge < -0.3 is 14.6 Å². The first-order valence-electron chi connectivity index (χ1n) is 9.90. The highest BCUT2D eigenvalue weighted by Gasteiger charge is 2.36. The van der Waals surface area contributed by atoms with E-state index in [9.17, 15) is 9.59 Å². The zero-order valence-corrected chi connectivity index (χ0v) is 16.6. The lowest BCUT2D eigenvalue weighted by Crippen LogP contribution is -2.44. The molecule has 4 rings (SSSR count). The molecule has 1 saturated carbocycles. The summed E-state index contributed by atoms with van der Waals surface area (Å²) >= 11 is 0. The molecule has 2 aromatic rings. The first kappa shape index (κ1) is 18.7. The highest BCUT2D eigenvalue weighted by molar-refractivity contribution is 6.04. The normalized spacial score (nSPS) is 23.9. The van der Waals surface area contributed by atoms with E-state index in [1.807, 2.05) is 49.2 Å². The first-order chi connectivity index (χ1) is 13.4. The van der Waals surface area contributed by atoms with E-state index < -0.39 is 0 Å². The molecule has 2 heterocycles. The summed E-state index contributed by atoms with van der Waals surface area (Å²) < 4.78 is 5.97. The number of hydrogen-bond acceptors (Lipinski definition) is 4. The van der Waals surface area contributed by atoms with E-state index in [0.29, 0.717) is 24.1 Å². The smallest absolute Gasteiger partial charge is 0.241 e. The van der Waals surface area contributed by atoms with Crippen molar-refractivity contribution in [1.82, 2.24) is 4.90 Å². The third kappa shape index (κ3) is 3.83. The number of fused-ring (bicyclic) bond motifs is 1. The van der Waals surface area contributed by atoms with Crippen LogP contribution >= 0.6 is 0 Å². The molecular weight excluding hydrogens is 354 g/mol. The Morgan fingerprint density at radius 1 is 1.25 bits per heavy atom. The van der Waals surface area contributed by atoms with Gasteiger partial charge in [-0.2, -0.15) is 0 Å².